The van der Waals surface area contributed by atoms with E-state index in [0.717, 1.165) is 25.0 Å². The van der Waals surface area contributed by atoms with Gasteiger partial charge in [0.05, 0.1) is 6.61 Å². The fraction of sp³-hybridized carbons (Fsp3) is 0.625. The SMILES string of the molecule is CCC1(CC)c2cc(O)ccc2C[C@H](SCCO)[C@H]1N. The Morgan fingerprint density at radius 2 is 2.05 bits per heavy atom. The average Bonchev–Trinajstić information content (AvgIpc) is 2.46. The minimum Gasteiger partial charge on any atom is -0.508 e. The van der Waals surface area contributed by atoms with Crippen LogP contribution in [0.25, 0.3) is 0 Å². The van der Waals surface area contributed by atoms with Crippen LogP contribution in [0, 0.1) is 0 Å². The molecule has 20 heavy (non-hydrogen) atoms. The van der Waals surface area contributed by atoms with Crippen molar-refractivity contribution in [3.8, 4) is 5.75 Å². The molecule has 1 aliphatic rings. The van der Waals surface area contributed by atoms with E-state index < -0.39 is 0 Å². The average molecular weight is 295 g/mol. The molecule has 0 radical (unpaired) electrons. The standard InChI is InChI=1S/C16H25NO2S/c1-3-16(4-2)13-10-12(19)6-5-11(13)9-14(15(16)17)20-8-7-18/h5-6,10,14-15,18-19H,3-4,7-9,17H2,1-2H3/t14-,15+/m0/s1. The molecule has 4 heteroatoms. The minimum atomic E-state index is -0.0700. The second kappa shape index (κ2) is 6.37. The summed E-state index contributed by atoms with van der Waals surface area (Å²) in [4.78, 5) is 0. The second-order valence-corrected chi connectivity index (χ2v) is 6.91. The van der Waals surface area contributed by atoms with E-state index in [1.54, 1.807) is 17.8 Å². The number of aliphatic hydroxyl groups is 1. The molecule has 1 aliphatic carbocycles. The maximum atomic E-state index is 9.83. The first kappa shape index (κ1) is 15.7. The van der Waals surface area contributed by atoms with E-state index in [0.29, 0.717) is 11.0 Å². The number of fused-ring (bicyclic) bond motifs is 1. The van der Waals surface area contributed by atoms with E-state index in [-0.39, 0.29) is 18.1 Å². The van der Waals surface area contributed by atoms with Crippen molar-refractivity contribution in [1.29, 1.82) is 0 Å². The quantitative estimate of drug-likeness (QED) is 0.780. The Balaban J connectivity index is 2.45. The number of rotatable bonds is 5. The Hall–Kier alpha value is -0.710. The van der Waals surface area contributed by atoms with E-state index >= 15 is 0 Å². The Labute approximate surface area is 125 Å². The van der Waals surface area contributed by atoms with Gasteiger partial charge in [0.15, 0.2) is 0 Å². The topological polar surface area (TPSA) is 66.5 Å². The van der Waals surface area contributed by atoms with Gasteiger partial charge in [-0.1, -0.05) is 19.9 Å². The minimum absolute atomic E-state index is 0.0587. The zero-order valence-corrected chi connectivity index (χ0v) is 13.1. The highest BCUT2D eigenvalue weighted by Crippen LogP contribution is 2.45. The summed E-state index contributed by atoms with van der Waals surface area (Å²) in [7, 11) is 0. The number of phenolic OH excluding ortho intramolecular Hbond substituents is 1. The van der Waals surface area contributed by atoms with Crippen molar-refractivity contribution in [2.45, 2.75) is 49.8 Å². The highest BCUT2D eigenvalue weighted by Gasteiger charge is 2.44. The number of hydrogen-bond acceptors (Lipinski definition) is 4. The fourth-order valence-electron chi connectivity index (χ4n) is 3.55. The van der Waals surface area contributed by atoms with Gasteiger partial charge < -0.3 is 15.9 Å². The molecule has 2 rings (SSSR count). The number of aliphatic hydroxyl groups excluding tert-OH is 1. The lowest BCUT2D eigenvalue weighted by atomic mass is 9.63. The van der Waals surface area contributed by atoms with E-state index in [1.807, 2.05) is 12.1 Å². The van der Waals surface area contributed by atoms with Crippen LogP contribution in [0.2, 0.25) is 0 Å². The van der Waals surface area contributed by atoms with Crippen LogP contribution >= 0.6 is 11.8 Å². The van der Waals surface area contributed by atoms with Gasteiger partial charge in [0.25, 0.3) is 0 Å². The normalized spacial score (nSPS) is 24.4. The van der Waals surface area contributed by atoms with Gasteiger partial charge >= 0.3 is 0 Å². The molecule has 0 amide bonds. The molecule has 0 heterocycles. The van der Waals surface area contributed by atoms with Gasteiger partial charge in [0.2, 0.25) is 0 Å². The Bertz CT molecular complexity index is 460. The van der Waals surface area contributed by atoms with Crippen LogP contribution in [0.5, 0.6) is 5.75 Å². The van der Waals surface area contributed by atoms with Crippen LogP contribution in [0.3, 0.4) is 0 Å². The van der Waals surface area contributed by atoms with Crippen LogP contribution in [-0.2, 0) is 11.8 Å². The van der Waals surface area contributed by atoms with Crippen molar-refractivity contribution in [3.63, 3.8) is 0 Å². The van der Waals surface area contributed by atoms with E-state index in [4.69, 9.17) is 10.8 Å². The summed E-state index contributed by atoms with van der Waals surface area (Å²) in [5, 5.41) is 19.2. The van der Waals surface area contributed by atoms with Gasteiger partial charge in [0, 0.05) is 22.5 Å². The summed E-state index contributed by atoms with van der Waals surface area (Å²) in [6, 6.07) is 5.75. The zero-order valence-electron chi connectivity index (χ0n) is 12.3. The molecular formula is C16H25NO2S. The highest BCUT2D eigenvalue weighted by molar-refractivity contribution is 8.00. The molecule has 0 aromatic heterocycles. The Morgan fingerprint density at radius 1 is 1.35 bits per heavy atom. The molecular weight excluding hydrogens is 270 g/mol. The molecule has 4 N–H and O–H groups in total. The number of nitrogens with two attached hydrogens (primary N) is 1. The number of phenols is 1. The predicted octanol–water partition coefficient (Wildman–Crippen LogP) is 2.43. The molecule has 1 aromatic carbocycles. The molecule has 112 valence electrons. The van der Waals surface area contributed by atoms with Gasteiger partial charge in [-0.2, -0.15) is 11.8 Å². The molecule has 3 nitrogen and oxygen atoms in total. The summed E-state index contributed by atoms with van der Waals surface area (Å²) in [6.45, 7) is 4.55. The zero-order chi connectivity index (χ0) is 14.8. The molecule has 0 bridgehead atoms. The second-order valence-electron chi connectivity index (χ2n) is 5.57. The predicted molar refractivity (Wildman–Crippen MR) is 85.4 cm³/mol. The molecule has 0 saturated heterocycles. The summed E-state index contributed by atoms with van der Waals surface area (Å²) < 4.78 is 0. The first-order valence-corrected chi connectivity index (χ1v) is 8.44. The lowest BCUT2D eigenvalue weighted by Gasteiger charge is -2.47. The molecule has 0 spiro atoms. The number of benzene rings is 1. The lowest BCUT2D eigenvalue weighted by Crippen LogP contribution is -2.55. The first-order valence-electron chi connectivity index (χ1n) is 7.39. The van der Waals surface area contributed by atoms with E-state index in [2.05, 4.69) is 13.8 Å². The van der Waals surface area contributed by atoms with Crippen molar-refractivity contribution in [1.82, 2.24) is 0 Å². The highest BCUT2D eigenvalue weighted by atomic mass is 32.2. The van der Waals surface area contributed by atoms with E-state index in [9.17, 15) is 5.11 Å². The molecule has 0 unspecified atom stereocenters. The maximum Gasteiger partial charge on any atom is 0.115 e. The monoisotopic (exact) mass is 295 g/mol. The number of hydrogen-bond donors (Lipinski definition) is 3. The van der Waals surface area contributed by atoms with Crippen molar-refractivity contribution >= 4 is 11.8 Å². The Kier molecular flexibility index (Phi) is 4.99. The van der Waals surface area contributed by atoms with Gasteiger partial charge in [-0.05, 0) is 42.5 Å². The molecule has 2 atom stereocenters. The fourth-order valence-corrected chi connectivity index (χ4v) is 4.73. The molecule has 0 fully saturated rings. The van der Waals surface area contributed by atoms with Gasteiger partial charge in [-0.3, -0.25) is 0 Å². The van der Waals surface area contributed by atoms with Crippen LogP contribution in [-0.4, -0.2) is 33.9 Å². The largest absolute Gasteiger partial charge is 0.508 e. The van der Waals surface area contributed by atoms with Gasteiger partial charge in [-0.25, -0.2) is 0 Å². The molecule has 0 saturated carbocycles. The van der Waals surface area contributed by atoms with Gasteiger partial charge in [0.1, 0.15) is 5.75 Å². The number of thioether (sulfide) groups is 1. The van der Waals surface area contributed by atoms with Crippen LogP contribution in [0.4, 0.5) is 0 Å². The lowest BCUT2D eigenvalue weighted by molar-refractivity contribution is 0.289. The van der Waals surface area contributed by atoms with Crippen molar-refractivity contribution < 1.29 is 10.2 Å². The Morgan fingerprint density at radius 3 is 2.65 bits per heavy atom. The number of aromatic hydroxyl groups is 1. The summed E-state index contributed by atoms with van der Waals surface area (Å²) in [6.07, 6.45) is 2.86. The van der Waals surface area contributed by atoms with Crippen molar-refractivity contribution in [2.75, 3.05) is 12.4 Å². The van der Waals surface area contributed by atoms with Crippen molar-refractivity contribution in [3.05, 3.63) is 29.3 Å². The van der Waals surface area contributed by atoms with Crippen molar-refractivity contribution in [2.24, 2.45) is 5.73 Å². The molecule has 1 aromatic rings. The smallest absolute Gasteiger partial charge is 0.115 e. The molecule has 0 aliphatic heterocycles. The third-order valence-electron chi connectivity index (χ3n) is 4.77. The summed E-state index contributed by atoms with van der Waals surface area (Å²) >= 11 is 1.77. The van der Waals surface area contributed by atoms with Crippen LogP contribution in [0.15, 0.2) is 18.2 Å². The summed E-state index contributed by atoms with van der Waals surface area (Å²) in [5.41, 5.74) is 9.04. The van der Waals surface area contributed by atoms with E-state index in [1.165, 1.54) is 11.1 Å². The van der Waals surface area contributed by atoms with Crippen LogP contribution in [0.1, 0.15) is 37.8 Å². The third-order valence-corrected chi connectivity index (χ3v) is 6.08. The maximum absolute atomic E-state index is 9.83. The third kappa shape index (κ3) is 2.57. The first-order chi connectivity index (χ1) is 9.58. The van der Waals surface area contributed by atoms with Crippen LogP contribution < -0.4 is 5.73 Å². The van der Waals surface area contributed by atoms with Gasteiger partial charge in [-0.15, -0.1) is 0 Å². The summed E-state index contributed by atoms with van der Waals surface area (Å²) in [5.74, 6) is 1.05.